The molecule has 2 heterocycles. The second-order valence-electron chi connectivity index (χ2n) is 11.4. The smallest absolute Gasteiger partial charge is 0.303 e. The lowest BCUT2D eigenvalue weighted by Crippen LogP contribution is -2.29. The first-order chi connectivity index (χ1) is 22.9. The van der Waals surface area contributed by atoms with E-state index in [1.807, 2.05) is 95.8 Å². The first kappa shape index (κ1) is 34.4. The van der Waals surface area contributed by atoms with E-state index < -0.39 is 5.97 Å². The highest BCUT2D eigenvalue weighted by Gasteiger charge is 2.32. The van der Waals surface area contributed by atoms with Crippen LogP contribution in [0, 0.1) is 0 Å². The molecule has 1 fully saturated rings. The average Bonchev–Trinajstić information content (AvgIpc) is 3.61. The Morgan fingerprint density at radius 2 is 1.62 bits per heavy atom. The molecule has 1 amide bonds. The van der Waals surface area contributed by atoms with Crippen molar-refractivity contribution < 1.29 is 19.4 Å². The van der Waals surface area contributed by atoms with Crippen molar-refractivity contribution >= 4 is 57.9 Å². The number of rotatable bonds is 17. The second-order valence-corrected chi connectivity index (χ2v) is 13.5. The van der Waals surface area contributed by atoms with Crippen molar-refractivity contribution in [3.8, 4) is 22.7 Å². The molecule has 1 saturated heterocycles. The van der Waals surface area contributed by atoms with E-state index in [1.54, 1.807) is 4.90 Å². The Morgan fingerprint density at radius 1 is 0.915 bits per heavy atom. The van der Waals surface area contributed by atoms with Crippen LogP contribution < -0.4 is 4.74 Å². The Morgan fingerprint density at radius 3 is 2.36 bits per heavy atom. The zero-order valence-electron chi connectivity index (χ0n) is 26.1. The Labute approximate surface area is 290 Å². The molecular formula is C37H38ClN3O4S2. The molecule has 0 atom stereocenters. The van der Waals surface area contributed by atoms with Crippen LogP contribution >= 0.6 is 35.6 Å². The average molecular weight is 688 g/mol. The second kappa shape index (κ2) is 17.3. The summed E-state index contributed by atoms with van der Waals surface area (Å²) in [5.74, 6) is -0.111. The number of benzene rings is 3. The SMILES string of the molecule is O=C(O)CCCCCCCCCCN1C(=O)C(=Cc2cn(-c3ccccc3)nc2-c2cccc(OCc3ccccc3Cl)c2)SC1=S. The van der Waals surface area contributed by atoms with E-state index >= 15 is 0 Å². The monoisotopic (exact) mass is 687 g/mol. The number of para-hydroxylation sites is 1. The highest BCUT2D eigenvalue weighted by molar-refractivity contribution is 8.26. The molecule has 1 aromatic heterocycles. The largest absolute Gasteiger partial charge is 0.489 e. The van der Waals surface area contributed by atoms with Crippen LogP contribution in [0.1, 0.15) is 68.9 Å². The summed E-state index contributed by atoms with van der Waals surface area (Å²) >= 11 is 13.3. The van der Waals surface area contributed by atoms with E-state index in [9.17, 15) is 9.59 Å². The summed E-state index contributed by atoms with van der Waals surface area (Å²) < 4.78 is 8.50. The number of unbranched alkanes of at least 4 members (excludes halogenated alkanes) is 7. The molecule has 0 bridgehead atoms. The number of aliphatic carboxylic acids is 1. The van der Waals surface area contributed by atoms with E-state index in [4.69, 9.17) is 38.8 Å². The van der Waals surface area contributed by atoms with Crippen LogP contribution in [0.5, 0.6) is 5.75 Å². The highest BCUT2D eigenvalue weighted by Crippen LogP contribution is 2.36. The zero-order chi connectivity index (χ0) is 33.0. The van der Waals surface area contributed by atoms with Crippen LogP contribution in [-0.2, 0) is 16.2 Å². The molecule has 1 N–H and O–H groups in total. The molecule has 7 nitrogen and oxygen atoms in total. The maximum absolute atomic E-state index is 13.5. The number of nitrogens with zero attached hydrogens (tertiary/aromatic N) is 3. The minimum absolute atomic E-state index is 0.0753. The van der Waals surface area contributed by atoms with E-state index in [-0.39, 0.29) is 12.3 Å². The van der Waals surface area contributed by atoms with Gasteiger partial charge < -0.3 is 9.84 Å². The summed E-state index contributed by atoms with van der Waals surface area (Å²) in [7, 11) is 0. The number of carboxylic acid groups (broad SMARTS) is 1. The summed E-state index contributed by atoms with van der Waals surface area (Å²) in [6.45, 7) is 0.938. The Bertz CT molecular complexity index is 1720. The van der Waals surface area contributed by atoms with Gasteiger partial charge in [0.15, 0.2) is 0 Å². The molecular weight excluding hydrogens is 650 g/mol. The Kier molecular flexibility index (Phi) is 12.7. The number of aromatic nitrogens is 2. The Balaban J connectivity index is 1.26. The van der Waals surface area contributed by atoms with E-state index in [2.05, 4.69) is 0 Å². The molecule has 0 spiro atoms. The van der Waals surface area contributed by atoms with Gasteiger partial charge in [0.25, 0.3) is 5.91 Å². The third-order valence-electron chi connectivity index (χ3n) is 7.91. The lowest BCUT2D eigenvalue weighted by molar-refractivity contribution is -0.137. The lowest BCUT2D eigenvalue weighted by Gasteiger charge is -2.14. The number of carboxylic acids is 1. The van der Waals surface area contributed by atoms with Gasteiger partial charge in [-0.15, -0.1) is 0 Å². The molecule has 0 unspecified atom stereocenters. The van der Waals surface area contributed by atoms with Gasteiger partial charge >= 0.3 is 5.97 Å². The van der Waals surface area contributed by atoms with Crippen molar-refractivity contribution in [3.05, 3.63) is 106 Å². The van der Waals surface area contributed by atoms with Gasteiger partial charge in [-0.2, -0.15) is 5.10 Å². The van der Waals surface area contributed by atoms with E-state index in [0.29, 0.717) is 33.1 Å². The molecule has 1 aliphatic rings. The topological polar surface area (TPSA) is 84.7 Å². The number of carbonyl (C=O) groups excluding carboxylic acids is 1. The molecule has 244 valence electrons. The molecule has 10 heteroatoms. The van der Waals surface area contributed by atoms with Crippen molar-refractivity contribution in [3.63, 3.8) is 0 Å². The fraction of sp³-hybridized carbons (Fsp3) is 0.297. The lowest BCUT2D eigenvalue weighted by atomic mass is 10.1. The molecule has 0 aliphatic carbocycles. The van der Waals surface area contributed by atoms with Gasteiger partial charge in [-0.25, -0.2) is 4.68 Å². The minimum atomic E-state index is -0.723. The van der Waals surface area contributed by atoms with Crippen LogP contribution in [0.25, 0.3) is 23.0 Å². The number of halogens is 1. The van der Waals surface area contributed by atoms with E-state index in [1.165, 1.54) is 11.8 Å². The quantitative estimate of drug-likeness (QED) is 0.0672. The molecule has 5 rings (SSSR count). The summed E-state index contributed by atoms with van der Waals surface area (Å²) in [6, 6.07) is 25.3. The summed E-state index contributed by atoms with van der Waals surface area (Å²) in [5, 5.41) is 14.3. The van der Waals surface area contributed by atoms with E-state index in [0.717, 1.165) is 79.4 Å². The van der Waals surface area contributed by atoms with Crippen LogP contribution in [0.3, 0.4) is 0 Å². The number of carbonyl (C=O) groups is 2. The van der Waals surface area contributed by atoms with Gasteiger partial charge in [0.2, 0.25) is 0 Å². The summed E-state index contributed by atoms with van der Waals surface area (Å²) in [4.78, 5) is 26.4. The zero-order valence-corrected chi connectivity index (χ0v) is 28.5. The van der Waals surface area contributed by atoms with Crippen molar-refractivity contribution in [2.24, 2.45) is 0 Å². The van der Waals surface area contributed by atoms with Crippen LogP contribution in [0.4, 0.5) is 0 Å². The maximum Gasteiger partial charge on any atom is 0.303 e. The number of amides is 1. The standard InChI is InChI=1S/C37H38ClN3O4S2/c38-32-20-12-11-15-28(32)26-45-31-19-14-16-27(23-31)35-29(25-41(39-35)30-17-8-7-9-18-30)24-33-36(44)40(37(46)47-33)22-13-6-4-2-1-3-5-10-21-34(42)43/h7-9,11-12,14-20,23-25H,1-6,10,13,21-22,26H2,(H,42,43). The first-order valence-electron chi connectivity index (χ1n) is 16.0. The van der Waals surface area contributed by atoms with Gasteiger partial charge in [0.05, 0.1) is 10.6 Å². The molecule has 47 heavy (non-hydrogen) atoms. The third-order valence-corrected chi connectivity index (χ3v) is 9.65. The molecule has 4 aromatic rings. The molecule has 3 aromatic carbocycles. The number of thioether (sulfide) groups is 1. The number of hydrogen-bond acceptors (Lipinski definition) is 6. The minimum Gasteiger partial charge on any atom is -0.489 e. The van der Waals surface area contributed by atoms with Crippen molar-refractivity contribution in [2.45, 2.75) is 64.4 Å². The van der Waals surface area contributed by atoms with Gasteiger partial charge in [-0.3, -0.25) is 14.5 Å². The Hall–Kier alpha value is -3.92. The molecule has 0 saturated carbocycles. The van der Waals surface area contributed by atoms with Crippen molar-refractivity contribution in [2.75, 3.05) is 6.54 Å². The number of hydrogen-bond donors (Lipinski definition) is 1. The van der Waals surface area contributed by atoms with Crippen molar-refractivity contribution in [1.82, 2.24) is 14.7 Å². The highest BCUT2D eigenvalue weighted by atomic mass is 35.5. The predicted octanol–water partition coefficient (Wildman–Crippen LogP) is 9.57. The molecule has 0 radical (unpaired) electrons. The summed E-state index contributed by atoms with van der Waals surface area (Å²) in [6.07, 6.45) is 12.1. The van der Waals surface area contributed by atoms with Crippen molar-refractivity contribution in [1.29, 1.82) is 0 Å². The fourth-order valence-corrected chi connectivity index (χ4v) is 6.87. The normalized spacial score (nSPS) is 13.9. The van der Waals surface area contributed by atoms with Gasteiger partial charge in [0, 0.05) is 40.9 Å². The maximum atomic E-state index is 13.5. The van der Waals surface area contributed by atoms with Gasteiger partial charge in [-0.1, -0.05) is 123 Å². The van der Waals surface area contributed by atoms with Gasteiger partial charge in [-0.05, 0) is 49.2 Å². The number of thiocarbonyl (C=S) groups is 1. The number of ether oxygens (including phenoxy) is 1. The van der Waals surface area contributed by atoms with Crippen LogP contribution in [0.2, 0.25) is 5.02 Å². The first-order valence-corrected chi connectivity index (χ1v) is 17.6. The third kappa shape index (κ3) is 9.79. The predicted molar refractivity (Wildman–Crippen MR) is 194 cm³/mol. The van der Waals surface area contributed by atoms with Crippen LogP contribution in [0.15, 0.2) is 90.0 Å². The van der Waals surface area contributed by atoms with Gasteiger partial charge in [0.1, 0.15) is 22.4 Å². The molecule has 1 aliphatic heterocycles. The fourth-order valence-electron chi connectivity index (χ4n) is 5.38. The summed E-state index contributed by atoms with van der Waals surface area (Å²) in [5.41, 5.74) is 4.21. The van der Waals surface area contributed by atoms with Crippen LogP contribution in [-0.4, -0.2) is 42.5 Å².